The maximum absolute atomic E-state index is 13.6. The molecule has 2 aromatic rings. The van der Waals surface area contributed by atoms with Crippen LogP contribution in [0.5, 0.6) is 0 Å². The Labute approximate surface area is 275 Å². The summed E-state index contributed by atoms with van der Waals surface area (Å²) in [4.78, 5) is 59.3. The van der Waals surface area contributed by atoms with Crippen molar-refractivity contribution in [1.82, 2.24) is 20.6 Å². The monoisotopic (exact) mass is 662 g/mol. The molecule has 2 aromatic carbocycles. The molecule has 0 heterocycles. The number of nitrogens with one attached hydrogen (secondary N) is 2. The first-order chi connectivity index (χ1) is 21.5. The second-order valence-electron chi connectivity index (χ2n) is 11.5. The van der Waals surface area contributed by atoms with Gasteiger partial charge in [0.2, 0.25) is 11.8 Å². The van der Waals surface area contributed by atoms with E-state index in [-0.39, 0.29) is 31.3 Å². The average Bonchev–Trinajstić information content (AvgIpc) is 3.04. The molecule has 1 fully saturated rings. The van der Waals surface area contributed by atoms with E-state index in [1.165, 1.54) is 14.2 Å². The van der Waals surface area contributed by atoms with Crippen molar-refractivity contribution in [3.8, 4) is 0 Å². The lowest BCUT2D eigenvalue weighted by molar-refractivity contribution is -0.172. The van der Waals surface area contributed by atoms with Gasteiger partial charge in [-0.05, 0) is 60.6 Å². The van der Waals surface area contributed by atoms with Crippen LogP contribution in [0, 0.1) is 5.92 Å². The van der Waals surface area contributed by atoms with Crippen molar-refractivity contribution in [1.29, 1.82) is 0 Å². The average molecular weight is 664 g/mol. The van der Waals surface area contributed by atoms with Gasteiger partial charge in [-0.2, -0.15) is 0 Å². The Morgan fingerprint density at radius 2 is 1.62 bits per heavy atom. The molecule has 4 amide bonds. The van der Waals surface area contributed by atoms with Gasteiger partial charge in [0.15, 0.2) is 0 Å². The van der Waals surface area contributed by atoms with Crippen LogP contribution in [0.4, 0.5) is 4.79 Å². The van der Waals surface area contributed by atoms with Gasteiger partial charge in [0, 0.05) is 37.1 Å². The molecule has 1 aliphatic rings. The molecular weight excluding hydrogens is 619 g/mol. The number of rotatable bonds is 15. The topological polar surface area (TPSA) is 117 Å². The van der Waals surface area contributed by atoms with Gasteiger partial charge in [0.25, 0.3) is 5.91 Å². The van der Waals surface area contributed by atoms with E-state index in [0.717, 1.165) is 42.7 Å². The fourth-order valence-corrected chi connectivity index (χ4v) is 5.66. The zero-order valence-corrected chi connectivity index (χ0v) is 27.7. The lowest BCUT2D eigenvalue weighted by atomic mass is 9.84. The van der Waals surface area contributed by atoms with Crippen molar-refractivity contribution in [3.63, 3.8) is 0 Å². The first-order valence-electron chi connectivity index (χ1n) is 15.3. The molecule has 2 atom stereocenters. The number of halogens is 2. The second-order valence-corrected chi connectivity index (χ2v) is 12.3. The molecule has 2 N–H and O–H groups in total. The number of hydrogen-bond donors (Lipinski definition) is 2. The zero-order chi connectivity index (χ0) is 32.8. The normalized spacial score (nSPS) is 14.6. The van der Waals surface area contributed by atoms with Crippen molar-refractivity contribution in [3.05, 3.63) is 69.7 Å². The molecule has 0 spiro atoms. The number of carbonyl (C=O) groups excluding carboxylic acids is 4. The molecule has 1 saturated carbocycles. The Morgan fingerprint density at radius 1 is 0.911 bits per heavy atom. The summed E-state index contributed by atoms with van der Waals surface area (Å²) in [6.45, 7) is 0.464. The fourth-order valence-electron chi connectivity index (χ4n) is 5.32. The minimum absolute atomic E-state index is 0.0163. The predicted molar refractivity (Wildman–Crippen MR) is 173 cm³/mol. The lowest BCUT2D eigenvalue weighted by Crippen LogP contribution is -2.54. The summed E-state index contributed by atoms with van der Waals surface area (Å²) in [7, 11) is 4.48. The summed E-state index contributed by atoms with van der Waals surface area (Å²) in [5.41, 5.74) is 1.76. The summed E-state index contributed by atoms with van der Waals surface area (Å²) in [5, 5.41) is 7.68. The molecule has 0 bridgehead atoms. The SMILES string of the molecule is CON(C)C(=O)[C@@H](CCC(=O)N(C)CCc1ccc(Cl)cc1)NC(=O)[C@@H](CC1CCCCC1)NC(=O)OCc1cccc(Cl)c1. The van der Waals surface area contributed by atoms with Crippen molar-refractivity contribution < 1.29 is 28.8 Å². The van der Waals surface area contributed by atoms with E-state index in [0.29, 0.717) is 35.0 Å². The Kier molecular flexibility index (Phi) is 14.9. The maximum Gasteiger partial charge on any atom is 0.408 e. The standard InChI is InChI=1S/C33H44Cl2N4O6/c1-38(19-18-23-12-14-26(34)15-13-23)30(40)17-16-28(32(42)39(2)44-3)36-31(41)29(21-24-8-5-4-6-9-24)37-33(43)45-22-25-10-7-11-27(35)20-25/h7,10-15,20,24,28-29H,4-6,8-9,16-19,21-22H2,1-3H3,(H,36,41)(H,37,43)/t28-,29-/m1/s1. The van der Waals surface area contributed by atoms with Gasteiger partial charge in [-0.25, -0.2) is 9.86 Å². The van der Waals surface area contributed by atoms with E-state index in [9.17, 15) is 19.2 Å². The van der Waals surface area contributed by atoms with E-state index < -0.39 is 30.0 Å². The number of likely N-dealkylation sites (N-methyl/N-ethyl adjacent to an activating group) is 2. The molecule has 0 radical (unpaired) electrons. The molecule has 1 aliphatic carbocycles. The van der Waals surface area contributed by atoms with Crippen LogP contribution in [-0.4, -0.2) is 73.6 Å². The van der Waals surface area contributed by atoms with Gasteiger partial charge in [0.1, 0.15) is 18.7 Å². The minimum Gasteiger partial charge on any atom is -0.445 e. The van der Waals surface area contributed by atoms with E-state index in [4.69, 9.17) is 32.8 Å². The first kappa shape index (κ1) is 36.1. The van der Waals surface area contributed by atoms with E-state index in [2.05, 4.69) is 10.6 Å². The first-order valence-corrected chi connectivity index (χ1v) is 16.1. The molecule has 0 unspecified atom stereocenters. The summed E-state index contributed by atoms with van der Waals surface area (Å²) < 4.78 is 5.39. The lowest BCUT2D eigenvalue weighted by Gasteiger charge is -2.29. The van der Waals surface area contributed by atoms with Gasteiger partial charge < -0.3 is 20.3 Å². The summed E-state index contributed by atoms with van der Waals surface area (Å²) in [6, 6.07) is 12.4. The smallest absolute Gasteiger partial charge is 0.408 e. The van der Waals surface area contributed by atoms with E-state index in [1.807, 2.05) is 12.1 Å². The van der Waals surface area contributed by atoms with Gasteiger partial charge >= 0.3 is 6.09 Å². The van der Waals surface area contributed by atoms with Crippen LogP contribution in [-0.2, 0) is 37.0 Å². The van der Waals surface area contributed by atoms with Crippen molar-refractivity contribution in [2.75, 3.05) is 27.7 Å². The van der Waals surface area contributed by atoms with E-state index in [1.54, 1.807) is 48.3 Å². The van der Waals surface area contributed by atoms with Crippen molar-refractivity contribution >= 4 is 47.0 Å². The number of nitrogens with zero attached hydrogens (tertiary/aromatic N) is 2. The summed E-state index contributed by atoms with van der Waals surface area (Å²) in [6.07, 6.45) is 5.55. The highest BCUT2D eigenvalue weighted by atomic mass is 35.5. The number of hydrogen-bond acceptors (Lipinski definition) is 6. The van der Waals surface area contributed by atoms with Crippen LogP contribution in [0.3, 0.4) is 0 Å². The number of carbonyl (C=O) groups is 4. The molecular formula is C33H44Cl2N4O6. The third kappa shape index (κ3) is 12.5. The van der Waals surface area contributed by atoms with Gasteiger partial charge in [-0.15, -0.1) is 0 Å². The Balaban J connectivity index is 1.64. The molecule has 0 saturated heterocycles. The zero-order valence-electron chi connectivity index (χ0n) is 26.2. The minimum atomic E-state index is -1.05. The molecule has 45 heavy (non-hydrogen) atoms. The Hall–Kier alpha value is -3.34. The van der Waals surface area contributed by atoms with Gasteiger partial charge in [-0.1, -0.05) is 79.6 Å². The van der Waals surface area contributed by atoms with Crippen LogP contribution >= 0.6 is 23.2 Å². The number of amides is 4. The molecule has 0 aromatic heterocycles. The van der Waals surface area contributed by atoms with Crippen LogP contribution < -0.4 is 10.6 Å². The van der Waals surface area contributed by atoms with Crippen LogP contribution in [0.1, 0.15) is 62.5 Å². The Morgan fingerprint density at radius 3 is 2.29 bits per heavy atom. The third-order valence-corrected chi connectivity index (χ3v) is 8.57. The molecule has 246 valence electrons. The number of hydroxylamine groups is 2. The third-order valence-electron chi connectivity index (χ3n) is 8.08. The highest BCUT2D eigenvalue weighted by molar-refractivity contribution is 6.30. The van der Waals surface area contributed by atoms with Crippen LogP contribution in [0.2, 0.25) is 10.0 Å². The Bertz CT molecular complexity index is 1270. The van der Waals surface area contributed by atoms with Gasteiger partial charge in [0.05, 0.1) is 7.11 Å². The number of benzene rings is 2. The summed E-state index contributed by atoms with van der Waals surface area (Å²) >= 11 is 12.0. The van der Waals surface area contributed by atoms with Gasteiger partial charge in [-0.3, -0.25) is 19.2 Å². The van der Waals surface area contributed by atoms with Crippen molar-refractivity contribution in [2.45, 2.75) is 76.5 Å². The molecule has 3 rings (SSSR count). The van der Waals surface area contributed by atoms with Crippen LogP contribution in [0.15, 0.2) is 48.5 Å². The number of alkyl carbamates (subject to hydrolysis) is 1. The quantitative estimate of drug-likeness (QED) is 0.242. The highest BCUT2D eigenvalue weighted by Crippen LogP contribution is 2.27. The molecule has 12 heteroatoms. The van der Waals surface area contributed by atoms with E-state index >= 15 is 0 Å². The fraction of sp³-hybridized carbons (Fsp3) is 0.515. The maximum atomic E-state index is 13.6. The van der Waals surface area contributed by atoms with Crippen molar-refractivity contribution in [2.24, 2.45) is 5.92 Å². The second kappa shape index (κ2) is 18.6. The number of ether oxygens (including phenoxy) is 1. The largest absolute Gasteiger partial charge is 0.445 e. The van der Waals surface area contributed by atoms with Crippen LogP contribution in [0.25, 0.3) is 0 Å². The predicted octanol–water partition coefficient (Wildman–Crippen LogP) is 5.54. The molecule has 10 nitrogen and oxygen atoms in total. The molecule has 0 aliphatic heterocycles. The summed E-state index contributed by atoms with van der Waals surface area (Å²) in [5.74, 6) is -0.957. The highest BCUT2D eigenvalue weighted by Gasteiger charge is 2.31.